The zero-order valence-electron chi connectivity index (χ0n) is 9.05. The predicted octanol–water partition coefficient (Wildman–Crippen LogP) is 1.54. The van der Waals surface area contributed by atoms with Crippen LogP contribution in [0.5, 0.6) is 0 Å². The van der Waals surface area contributed by atoms with Gasteiger partial charge in [0.25, 0.3) is 0 Å². The van der Waals surface area contributed by atoms with E-state index >= 15 is 0 Å². The molecule has 1 heterocycles. The van der Waals surface area contributed by atoms with Crippen LogP contribution in [0.15, 0.2) is 0 Å². The molecule has 0 saturated carbocycles. The molecule has 14 heavy (non-hydrogen) atoms. The van der Waals surface area contributed by atoms with Crippen molar-refractivity contribution in [1.29, 1.82) is 0 Å². The zero-order chi connectivity index (χ0) is 10.2. The Morgan fingerprint density at radius 3 is 2.79 bits per heavy atom. The summed E-state index contributed by atoms with van der Waals surface area (Å²) in [6.07, 6.45) is 5.82. The molecule has 0 spiro atoms. The highest BCUT2D eigenvalue weighted by molar-refractivity contribution is 5.08. The topological polar surface area (TPSA) is 32.3 Å². The van der Waals surface area contributed by atoms with Gasteiger partial charge in [-0.3, -0.25) is 0 Å². The Kier molecular flexibility index (Phi) is 5.66. The van der Waals surface area contributed by atoms with Crippen molar-refractivity contribution in [3.8, 4) is 11.8 Å². The zero-order valence-corrected chi connectivity index (χ0v) is 9.05. The van der Waals surface area contributed by atoms with Crippen LogP contribution in [-0.2, 0) is 0 Å². The number of aliphatic hydroxyl groups excluding tert-OH is 1. The maximum absolute atomic E-state index is 9.46. The number of β-amino-alcohol motifs (C(OH)–C–C–N with tert-alkyl or cyclic N) is 1. The molecule has 80 valence electrons. The van der Waals surface area contributed by atoms with Crippen molar-refractivity contribution >= 4 is 0 Å². The number of unbranched alkanes of at least 4 members (excludes halogenated alkanes) is 4. The lowest BCUT2D eigenvalue weighted by atomic mass is 10.1. The maximum Gasteiger partial charge on any atom is 0.0814 e. The van der Waals surface area contributed by atoms with Crippen LogP contribution in [0.3, 0.4) is 0 Å². The molecule has 2 N–H and O–H groups in total. The fraction of sp³-hybridized carbons (Fsp3) is 0.833. The van der Waals surface area contributed by atoms with Crippen molar-refractivity contribution in [3.05, 3.63) is 0 Å². The lowest BCUT2D eigenvalue weighted by Crippen LogP contribution is -2.16. The van der Waals surface area contributed by atoms with E-state index in [9.17, 15) is 5.11 Å². The molecule has 1 aliphatic rings. The van der Waals surface area contributed by atoms with Gasteiger partial charge in [-0.15, -0.1) is 5.92 Å². The average Bonchev–Trinajstić information content (AvgIpc) is 2.58. The summed E-state index contributed by atoms with van der Waals surface area (Å²) in [6, 6.07) is 0. The summed E-state index contributed by atoms with van der Waals surface area (Å²) < 4.78 is 0. The Morgan fingerprint density at radius 1 is 1.29 bits per heavy atom. The SMILES string of the molecule is CCCCCCC#C[C@@H]1CNC[C@H]1O. The van der Waals surface area contributed by atoms with Crippen molar-refractivity contribution in [2.75, 3.05) is 13.1 Å². The minimum atomic E-state index is -0.252. The van der Waals surface area contributed by atoms with Crippen LogP contribution in [0, 0.1) is 17.8 Å². The first-order valence-corrected chi connectivity index (χ1v) is 5.71. The largest absolute Gasteiger partial charge is 0.390 e. The molecule has 0 amide bonds. The molecule has 1 fully saturated rings. The molecule has 1 rings (SSSR count). The molecular weight excluding hydrogens is 174 g/mol. The minimum Gasteiger partial charge on any atom is -0.390 e. The molecule has 0 aliphatic carbocycles. The Labute approximate surface area is 87.1 Å². The van der Waals surface area contributed by atoms with Crippen LogP contribution in [0.2, 0.25) is 0 Å². The molecule has 0 aromatic heterocycles. The van der Waals surface area contributed by atoms with Crippen molar-refractivity contribution in [2.45, 2.75) is 45.1 Å². The highest BCUT2D eigenvalue weighted by atomic mass is 16.3. The quantitative estimate of drug-likeness (QED) is 0.527. The summed E-state index contributed by atoms with van der Waals surface area (Å²) in [6.45, 7) is 3.77. The van der Waals surface area contributed by atoms with Gasteiger partial charge in [0, 0.05) is 19.5 Å². The summed E-state index contributed by atoms with van der Waals surface area (Å²) in [5, 5.41) is 12.6. The Morgan fingerprint density at radius 2 is 2.14 bits per heavy atom. The van der Waals surface area contributed by atoms with Crippen LogP contribution in [0.25, 0.3) is 0 Å². The maximum atomic E-state index is 9.46. The Bertz CT molecular complexity index is 204. The van der Waals surface area contributed by atoms with Crippen molar-refractivity contribution in [3.63, 3.8) is 0 Å². The summed E-state index contributed by atoms with van der Waals surface area (Å²) >= 11 is 0. The normalized spacial score (nSPS) is 25.9. The van der Waals surface area contributed by atoms with Crippen LogP contribution >= 0.6 is 0 Å². The van der Waals surface area contributed by atoms with Gasteiger partial charge in [-0.2, -0.15) is 0 Å². The predicted molar refractivity (Wildman–Crippen MR) is 58.9 cm³/mol. The second-order valence-electron chi connectivity index (χ2n) is 3.96. The summed E-state index contributed by atoms with van der Waals surface area (Å²) in [5.41, 5.74) is 0. The fourth-order valence-corrected chi connectivity index (χ4v) is 1.66. The van der Waals surface area contributed by atoms with Gasteiger partial charge in [0.1, 0.15) is 0 Å². The molecule has 0 radical (unpaired) electrons. The first-order valence-electron chi connectivity index (χ1n) is 5.71. The molecule has 0 unspecified atom stereocenters. The van der Waals surface area contributed by atoms with E-state index in [0.717, 1.165) is 13.0 Å². The third kappa shape index (κ3) is 4.13. The molecule has 0 aromatic rings. The molecule has 0 bridgehead atoms. The first kappa shape index (κ1) is 11.6. The number of aliphatic hydroxyl groups is 1. The monoisotopic (exact) mass is 195 g/mol. The number of nitrogens with one attached hydrogen (secondary N) is 1. The lowest BCUT2D eigenvalue weighted by molar-refractivity contribution is 0.171. The van der Waals surface area contributed by atoms with Crippen LogP contribution in [0.1, 0.15) is 39.0 Å². The standard InChI is InChI=1S/C12H21NO/c1-2-3-4-5-6-7-8-11-9-13-10-12(11)14/h11-14H,2-6,9-10H2,1H3/t11-,12-/m1/s1. The van der Waals surface area contributed by atoms with Gasteiger partial charge in [-0.05, 0) is 6.42 Å². The molecule has 1 aliphatic heterocycles. The first-order chi connectivity index (χ1) is 6.84. The van der Waals surface area contributed by atoms with Crippen LogP contribution in [0.4, 0.5) is 0 Å². The van der Waals surface area contributed by atoms with Gasteiger partial charge >= 0.3 is 0 Å². The van der Waals surface area contributed by atoms with E-state index in [2.05, 4.69) is 24.1 Å². The van der Waals surface area contributed by atoms with Gasteiger partial charge < -0.3 is 10.4 Å². The van der Waals surface area contributed by atoms with E-state index in [1.165, 1.54) is 25.7 Å². The lowest BCUT2D eigenvalue weighted by Gasteiger charge is -2.03. The van der Waals surface area contributed by atoms with Crippen molar-refractivity contribution in [2.24, 2.45) is 5.92 Å². The second kappa shape index (κ2) is 6.86. The van der Waals surface area contributed by atoms with Crippen LogP contribution in [-0.4, -0.2) is 24.3 Å². The highest BCUT2D eigenvalue weighted by Crippen LogP contribution is 2.07. The summed E-state index contributed by atoms with van der Waals surface area (Å²) in [4.78, 5) is 0. The summed E-state index contributed by atoms with van der Waals surface area (Å²) in [5.74, 6) is 6.48. The molecular formula is C12H21NO. The van der Waals surface area contributed by atoms with Gasteiger partial charge in [0.15, 0.2) is 0 Å². The fourth-order valence-electron chi connectivity index (χ4n) is 1.66. The minimum absolute atomic E-state index is 0.168. The van der Waals surface area contributed by atoms with Crippen molar-refractivity contribution in [1.82, 2.24) is 5.32 Å². The van der Waals surface area contributed by atoms with E-state index < -0.39 is 0 Å². The third-order valence-electron chi connectivity index (χ3n) is 2.62. The molecule has 2 heteroatoms. The van der Waals surface area contributed by atoms with Gasteiger partial charge in [-0.25, -0.2) is 0 Å². The Balaban J connectivity index is 2.07. The Hall–Kier alpha value is -0.520. The van der Waals surface area contributed by atoms with E-state index in [0.29, 0.717) is 6.54 Å². The van der Waals surface area contributed by atoms with Gasteiger partial charge in [0.05, 0.1) is 12.0 Å². The van der Waals surface area contributed by atoms with Crippen molar-refractivity contribution < 1.29 is 5.11 Å². The smallest absolute Gasteiger partial charge is 0.0814 e. The second-order valence-corrected chi connectivity index (χ2v) is 3.96. The van der Waals surface area contributed by atoms with E-state index in [1.54, 1.807) is 0 Å². The van der Waals surface area contributed by atoms with E-state index in [4.69, 9.17) is 0 Å². The molecule has 0 aromatic carbocycles. The number of hydrogen-bond acceptors (Lipinski definition) is 2. The third-order valence-corrected chi connectivity index (χ3v) is 2.62. The average molecular weight is 195 g/mol. The molecule has 1 saturated heterocycles. The number of rotatable bonds is 4. The van der Waals surface area contributed by atoms with E-state index in [1.807, 2.05) is 0 Å². The molecule has 2 atom stereocenters. The van der Waals surface area contributed by atoms with Gasteiger partial charge in [0.2, 0.25) is 0 Å². The molecule has 2 nitrogen and oxygen atoms in total. The number of hydrogen-bond donors (Lipinski definition) is 2. The van der Waals surface area contributed by atoms with Crippen LogP contribution < -0.4 is 5.32 Å². The highest BCUT2D eigenvalue weighted by Gasteiger charge is 2.22. The van der Waals surface area contributed by atoms with E-state index in [-0.39, 0.29) is 12.0 Å². The summed E-state index contributed by atoms with van der Waals surface area (Å²) in [7, 11) is 0. The van der Waals surface area contributed by atoms with Gasteiger partial charge in [-0.1, -0.05) is 32.1 Å².